The Morgan fingerprint density at radius 3 is 2.38 bits per heavy atom. The third kappa shape index (κ3) is 5.99. The van der Waals surface area contributed by atoms with Crippen molar-refractivity contribution < 1.29 is 32.4 Å². The second kappa shape index (κ2) is 12.3. The number of rotatable bonds is 11. The molecule has 15 nitrogen and oxygen atoms in total. The molecule has 2 N–H and O–H groups in total. The number of hydrogen-bond donors (Lipinski definition) is 2. The molecule has 3 aromatic heterocycles. The minimum absolute atomic E-state index is 0.194. The molecule has 1 fully saturated rings. The average molecular weight is 537 g/mol. The third-order valence-corrected chi connectivity index (χ3v) is 6.31. The smallest absolute Gasteiger partial charge is 0.245 e. The normalized spacial score (nSPS) is 18.1. The zero-order valence-corrected chi connectivity index (χ0v) is 21.5. The Morgan fingerprint density at radius 1 is 1.11 bits per heavy atom. The van der Waals surface area contributed by atoms with Gasteiger partial charge in [0.2, 0.25) is 23.0 Å². The predicted octanol–water partition coefficient (Wildman–Crippen LogP) is 0.402. The van der Waals surface area contributed by atoms with Crippen LogP contribution in [0.3, 0.4) is 0 Å². The zero-order valence-electron chi connectivity index (χ0n) is 20.7. The van der Waals surface area contributed by atoms with E-state index >= 15 is 0 Å². The van der Waals surface area contributed by atoms with E-state index in [0.29, 0.717) is 42.1 Å². The molecule has 0 amide bonds. The highest BCUT2D eigenvalue weighted by atomic mass is 32.2. The molecule has 37 heavy (non-hydrogen) atoms. The Morgan fingerprint density at radius 2 is 1.81 bits per heavy atom. The molecular weight excluding hydrogens is 508 g/mol. The number of methoxy groups -OCH3 is 3. The highest BCUT2D eigenvalue weighted by molar-refractivity contribution is 7.77. The maximum absolute atomic E-state index is 11.6. The SMILES string of the molecule is COc1cnc([C@H](Cc2nnc([C@H]3COCCO3)n2-c2c(OC)ncnc2OC)[C@@H](C)NS(=O)O)nc1. The van der Waals surface area contributed by atoms with E-state index in [2.05, 4.69) is 34.9 Å². The van der Waals surface area contributed by atoms with Crippen LogP contribution in [0.5, 0.6) is 17.5 Å². The molecule has 16 heteroatoms. The van der Waals surface area contributed by atoms with Crippen LogP contribution in [0.2, 0.25) is 0 Å². The first kappa shape index (κ1) is 26.7. The van der Waals surface area contributed by atoms with Gasteiger partial charge in [0.1, 0.15) is 24.1 Å². The van der Waals surface area contributed by atoms with Gasteiger partial charge in [-0.25, -0.2) is 18.9 Å². The van der Waals surface area contributed by atoms with Gasteiger partial charge in [0.05, 0.1) is 53.5 Å². The van der Waals surface area contributed by atoms with E-state index in [1.807, 2.05) is 0 Å². The number of nitrogens with one attached hydrogen (secondary N) is 1. The summed E-state index contributed by atoms with van der Waals surface area (Å²) in [6, 6.07) is -0.544. The number of ether oxygens (including phenoxy) is 5. The summed E-state index contributed by atoms with van der Waals surface area (Å²) in [4.78, 5) is 17.3. The van der Waals surface area contributed by atoms with Gasteiger partial charge in [-0.2, -0.15) is 9.97 Å². The van der Waals surface area contributed by atoms with Crippen LogP contribution in [0, 0.1) is 0 Å². The van der Waals surface area contributed by atoms with Crippen molar-refractivity contribution >= 4 is 11.3 Å². The molecule has 1 aliphatic rings. The van der Waals surface area contributed by atoms with Gasteiger partial charge in [-0.05, 0) is 6.92 Å². The molecule has 4 atom stereocenters. The first-order chi connectivity index (χ1) is 18.0. The quantitative estimate of drug-likeness (QED) is 0.322. The molecule has 1 saturated heterocycles. The first-order valence-electron chi connectivity index (χ1n) is 11.3. The van der Waals surface area contributed by atoms with Gasteiger partial charge in [0.15, 0.2) is 17.3 Å². The van der Waals surface area contributed by atoms with E-state index < -0.39 is 29.3 Å². The second-order valence-electron chi connectivity index (χ2n) is 7.93. The number of aromatic nitrogens is 7. The van der Waals surface area contributed by atoms with Gasteiger partial charge in [0.25, 0.3) is 0 Å². The summed E-state index contributed by atoms with van der Waals surface area (Å²) in [6.07, 6.45) is 4.04. The van der Waals surface area contributed by atoms with Crippen molar-refractivity contribution in [1.82, 2.24) is 39.4 Å². The first-order valence-corrected chi connectivity index (χ1v) is 12.4. The van der Waals surface area contributed by atoms with Crippen LogP contribution in [0.25, 0.3) is 5.69 Å². The summed E-state index contributed by atoms with van der Waals surface area (Å²) in [5.74, 6) is 1.70. The Balaban J connectivity index is 1.84. The van der Waals surface area contributed by atoms with Gasteiger partial charge < -0.3 is 23.7 Å². The lowest BCUT2D eigenvalue weighted by Gasteiger charge is -2.25. The van der Waals surface area contributed by atoms with Crippen molar-refractivity contribution in [2.24, 2.45) is 0 Å². The lowest BCUT2D eigenvalue weighted by molar-refractivity contribution is -0.0942. The monoisotopic (exact) mass is 536 g/mol. The van der Waals surface area contributed by atoms with Crippen molar-refractivity contribution in [1.29, 1.82) is 0 Å². The van der Waals surface area contributed by atoms with E-state index in [1.54, 1.807) is 11.5 Å². The molecule has 1 aliphatic heterocycles. The van der Waals surface area contributed by atoms with Crippen molar-refractivity contribution in [3.63, 3.8) is 0 Å². The molecular formula is C21H28N8O7S. The molecule has 0 aromatic carbocycles. The van der Waals surface area contributed by atoms with E-state index in [0.717, 1.165) is 0 Å². The highest BCUT2D eigenvalue weighted by Crippen LogP contribution is 2.34. The van der Waals surface area contributed by atoms with E-state index in [9.17, 15) is 8.76 Å². The van der Waals surface area contributed by atoms with Crippen LogP contribution in [-0.2, 0) is 27.2 Å². The topological polar surface area (TPSA) is 178 Å². The van der Waals surface area contributed by atoms with Crippen LogP contribution in [0.4, 0.5) is 0 Å². The fourth-order valence-corrected chi connectivity index (χ4v) is 4.42. The van der Waals surface area contributed by atoms with Crippen LogP contribution >= 0.6 is 0 Å². The summed E-state index contributed by atoms with van der Waals surface area (Å²) in [7, 11) is 4.47. The van der Waals surface area contributed by atoms with Crippen LogP contribution < -0.4 is 18.9 Å². The molecule has 0 saturated carbocycles. The second-order valence-corrected chi connectivity index (χ2v) is 8.67. The number of nitrogens with zero attached hydrogens (tertiary/aromatic N) is 7. The number of hydrogen-bond acceptors (Lipinski definition) is 12. The molecule has 1 unspecified atom stereocenters. The molecule has 0 bridgehead atoms. The fraction of sp³-hybridized carbons (Fsp3) is 0.524. The Kier molecular flexibility index (Phi) is 8.88. The zero-order chi connectivity index (χ0) is 26.4. The standard InChI is InChI=1S/C21H28N8O7S/c1-12(28-37(30)31)14(18-22-8-13(32-2)9-23-18)7-16-26-27-19(15-10-35-5-6-36-15)29(16)17-20(33-3)24-11-25-21(17)34-4/h8-9,11-12,14-15,28H,5-7,10H2,1-4H3,(H,30,31)/t12-,14-,15-/m1/s1. The summed E-state index contributed by atoms with van der Waals surface area (Å²) < 4.78 is 53.1. The Bertz CT molecular complexity index is 1180. The van der Waals surface area contributed by atoms with E-state index in [1.165, 1.54) is 40.1 Å². The van der Waals surface area contributed by atoms with Crippen molar-refractivity contribution in [3.05, 3.63) is 36.2 Å². The largest absolute Gasteiger partial charge is 0.494 e. The summed E-state index contributed by atoms with van der Waals surface area (Å²) in [5.41, 5.74) is 0.373. The van der Waals surface area contributed by atoms with E-state index in [4.69, 9.17) is 23.7 Å². The third-order valence-electron chi connectivity index (χ3n) is 5.73. The van der Waals surface area contributed by atoms with Gasteiger partial charge in [-0.15, -0.1) is 10.2 Å². The van der Waals surface area contributed by atoms with Gasteiger partial charge in [-0.1, -0.05) is 0 Å². The minimum atomic E-state index is -2.27. The molecule has 0 radical (unpaired) electrons. The van der Waals surface area contributed by atoms with Crippen molar-refractivity contribution in [2.45, 2.75) is 31.4 Å². The fourth-order valence-electron chi connectivity index (χ4n) is 3.94. The maximum atomic E-state index is 11.6. The maximum Gasteiger partial charge on any atom is 0.245 e. The molecule has 200 valence electrons. The van der Waals surface area contributed by atoms with Crippen LogP contribution in [0.15, 0.2) is 18.7 Å². The van der Waals surface area contributed by atoms with Crippen molar-refractivity contribution in [3.8, 4) is 23.2 Å². The van der Waals surface area contributed by atoms with Crippen LogP contribution in [0.1, 0.15) is 36.4 Å². The van der Waals surface area contributed by atoms with E-state index in [-0.39, 0.29) is 24.8 Å². The van der Waals surface area contributed by atoms with Gasteiger partial charge >= 0.3 is 0 Å². The Labute approximate surface area is 215 Å². The molecule has 3 aromatic rings. The van der Waals surface area contributed by atoms with Crippen LogP contribution in [-0.4, -0.2) is 90.7 Å². The van der Waals surface area contributed by atoms with Gasteiger partial charge in [0, 0.05) is 18.4 Å². The lowest BCUT2D eigenvalue weighted by atomic mass is 9.96. The summed E-state index contributed by atoms with van der Waals surface area (Å²) in [5, 5.41) is 8.86. The summed E-state index contributed by atoms with van der Waals surface area (Å²) in [6.45, 7) is 2.87. The highest BCUT2D eigenvalue weighted by Gasteiger charge is 2.33. The average Bonchev–Trinajstić information content (AvgIpc) is 3.34. The van der Waals surface area contributed by atoms with Gasteiger partial charge in [-0.3, -0.25) is 9.12 Å². The molecule has 4 heterocycles. The molecule has 0 spiro atoms. The Hall–Kier alpha value is -3.31. The van der Waals surface area contributed by atoms with Crippen molar-refractivity contribution in [2.75, 3.05) is 41.2 Å². The minimum Gasteiger partial charge on any atom is -0.494 e. The molecule has 0 aliphatic carbocycles. The lowest BCUT2D eigenvalue weighted by Crippen LogP contribution is -2.35. The summed E-state index contributed by atoms with van der Waals surface area (Å²) >= 11 is -2.27. The molecule has 4 rings (SSSR count). The predicted molar refractivity (Wildman–Crippen MR) is 128 cm³/mol.